The van der Waals surface area contributed by atoms with Gasteiger partial charge in [-0.3, -0.25) is 14.4 Å². The highest BCUT2D eigenvalue weighted by molar-refractivity contribution is 6.06. The van der Waals surface area contributed by atoms with Crippen molar-refractivity contribution in [1.29, 1.82) is 0 Å². The topological polar surface area (TPSA) is 126 Å². The van der Waals surface area contributed by atoms with E-state index in [0.717, 1.165) is 36.0 Å². The van der Waals surface area contributed by atoms with E-state index in [1.807, 2.05) is 24.3 Å². The molecule has 0 bridgehead atoms. The summed E-state index contributed by atoms with van der Waals surface area (Å²) in [6.07, 6.45) is 8.24. The molecule has 0 spiro atoms. The second kappa shape index (κ2) is 8.97. The molecule has 2 unspecified atom stereocenters. The van der Waals surface area contributed by atoms with Crippen LogP contribution >= 0.6 is 0 Å². The van der Waals surface area contributed by atoms with Gasteiger partial charge in [0.2, 0.25) is 11.6 Å². The minimum atomic E-state index is -1.32. The number of nitrogens with two attached hydrogens (primary N) is 1. The molecule has 1 aromatic carbocycles. The molecule has 2 heterocycles. The predicted octanol–water partition coefficient (Wildman–Crippen LogP) is 3.90. The molecule has 192 valence electrons. The summed E-state index contributed by atoms with van der Waals surface area (Å²) in [4.78, 5) is 42.4. The maximum absolute atomic E-state index is 13.3. The molecule has 0 saturated heterocycles. The summed E-state index contributed by atoms with van der Waals surface area (Å²) in [6, 6.07) is 9.08. The Morgan fingerprint density at radius 1 is 1.11 bits per heavy atom. The van der Waals surface area contributed by atoms with Gasteiger partial charge in [0, 0.05) is 17.5 Å². The smallest absolute Gasteiger partial charge is 0.344 e. The molecule has 0 aliphatic heterocycles. The fourth-order valence-electron chi connectivity index (χ4n) is 6.32. The number of fused-ring (bicyclic) bond motifs is 2. The first-order valence-corrected chi connectivity index (χ1v) is 13.0. The number of esters is 1. The third-order valence-electron chi connectivity index (χ3n) is 8.44. The van der Waals surface area contributed by atoms with Gasteiger partial charge in [0.05, 0.1) is 12.8 Å². The maximum Gasteiger partial charge on any atom is 0.344 e. The van der Waals surface area contributed by atoms with Crippen LogP contribution in [-0.2, 0) is 16.0 Å². The standard InChI is InChI=1S/C28H30N4O5/c1-36-23-13-11-21(19-8-5-9-20-18(19)10-12-22(20)33)32-24(23)30-27(31-32)37-26(35)28(25(29)34)15-17(28)14-16-6-3-2-4-7-16/h5,8-9,11,13,16-17H,2-4,6-7,10,12,14-15H2,1H3,(H2,29,34). The molecular formula is C28H30N4O5. The van der Waals surface area contributed by atoms with Crippen LogP contribution in [-0.4, -0.2) is 39.4 Å². The van der Waals surface area contributed by atoms with Crippen LogP contribution in [0.1, 0.15) is 67.3 Å². The Bertz CT molecular complexity index is 1420. The van der Waals surface area contributed by atoms with Crippen molar-refractivity contribution in [3.8, 4) is 23.0 Å². The molecule has 2 saturated carbocycles. The zero-order chi connectivity index (χ0) is 25.7. The number of benzene rings is 1. The molecule has 0 radical (unpaired) electrons. The van der Waals surface area contributed by atoms with Crippen LogP contribution in [0, 0.1) is 17.3 Å². The first-order valence-electron chi connectivity index (χ1n) is 13.0. The van der Waals surface area contributed by atoms with Crippen molar-refractivity contribution in [1.82, 2.24) is 14.6 Å². The summed E-state index contributed by atoms with van der Waals surface area (Å²) in [6.45, 7) is 0. The van der Waals surface area contributed by atoms with Gasteiger partial charge in [0.25, 0.3) is 0 Å². The van der Waals surface area contributed by atoms with E-state index < -0.39 is 17.3 Å². The number of rotatable bonds is 7. The normalized spacial score (nSPS) is 23.2. The molecule has 3 aliphatic rings. The average molecular weight is 503 g/mol. The van der Waals surface area contributed by atoms with Gasteiger partial charge in [-0.05, 0) is 48.8 Å². The van der Waals surface area contributed by atoms with Gasteiger partial charge in [-0.1, -0.05) is 50.3 Å². The molecule has 3 aliphatic carbocycles. The summed E-state index contributed by atoms with van der Waals surface area (Å²) >= 11 is 0. The number of pyridine rings is 1. The fourth-order valence-corrected chi connectivity index (χ4v) is 6.32. The number of carbonyl (C=O) groups is 3. The fraction of sp³-hybridized carbons (Fsp3) is 0.464. The van der Waals surface area contributed by atoms with Crippen molar-refractivity contribution in [3.05, 3.63) is 41.5 Å². The van der Waals surface area contributed by atoms with E-state index in [-0.39, 0.29) is 17.7 Å². The Balaban J connectivity index is 1.31. The molecule has 2 aromatic heterocycles. The molecule has 6 rings (SSSR count). The first kappa shape index (κ1) is 23.6. The number of hydrogen-bond donors (Lipinski definition) is 1. The van der Waals surface area contributed by atoms with Crippen LogP contribution in [0.25, 0.3) is 16.9 Å². The van der Waals surface area contributed by atoms with Crippen molar-refractivity contribution in [3.63, 3.8) is 0 Å². The lowest BCUT2D eigenvalue weighted by molar-refractivity contribution is -0.147. The molecule has 9 nitrogen and oxygen atoms in total. The largest absolute Gasteiger partial charge is 0.493 e. The summed E-state index contributed by atoms with van der Waals surface area (Å²) in [5.74, 6) is -0.347. The highest BCUT2D eigenvalue weighted by Crippen LogP contribution is 2.57. The van der Waals surface area contributed by atoms with Gasteiger partial charge in [-0.2, -0.15) is 4.98 Å². The number of carbonyl (C=O) groups excluding carboxylic acids is 3. The lowest BCUT2D eigenvalue weighted by atomic mass is 9.84. The third-order valence-corrected chi connectivity index (χ3v) is 8.44. The number of methoxy groups -OCH3 is 1. The van der Waals surface area contributed by atoms with Crippen LogP contribution < -0.4 is 15.2 Å². The summed E-state index contributed by atoms with van der Waals surface area (Å²) in [5.41, 5.74) is 8.02. The Labute approximate surface area is 214 Å². The van der Waals surface area contributed by atoms with E-state index in [9.17, 15) is 14.4 Å². The molecule has 2 atom stereocenters. The highest BCUT2D eigenvalue weighted by Gasteiger charge is 2.66. The second-order valence-electron chi connectivity index (χ2n) is 10.5. The van der Waals surface area contributed by atoms with E-state index in [0.29, 0.717) is 42.3 Å². The molecule has 3 aromatic rings. The third kappa shape index (κ3) is 3.88. The number of hydrogen-bond acceptors (Lipinski definition) is 7. The second-order valence-corrected chi connectivity index (χ2v) is 10.5. The molecule has 37 heavy (non-hydrogen) atoms. The quantitative estimate of drug-likeness (QED) is 0.384. The Morgan fingerprint density at radius 3 is 2.65 bits per heavy atom. The van der Waals surface area contributed by atoms with E-state index in [1.54, 1.807) is 10.6 Å². The van der Waals surface area contributed by atoms with Gasteiger partial charge in [0.1, 0.15) is 5.41 Å². The molecule has 1 amide bonds. The Hall–Kier alpha value is -3.75. The minimum Gasteiger partial charge on any atom is -0.493 e. The monoisotopic (exact) mass is 502 g/mol. The minimum absolute atomic E-state index is 0.104. The van der Waals surface area contributed by atoms with E-state index in [4.69, 9.17) is 15.2 Å². The number of aromatic nitrogens is 3. The summed E-state index contributed by atoms with van der Waals surface area (Å²) in [7, 11) is 1.52. The number of primary amides is 1. The predicted molar refractivity (Wildman–Crippen MR) is 134 cm³/mol. The van der Waals surface area contributed by atoms with Gasteiger partial charge in [0.15, 0.2) is 11.5 Å². The number of amides is 1. The van der Waals surface area contributed by atoms with Crippen LogP contribution in [0.15, 0.2) is 30.3 Å². The zero-order valence-electron chi connectivity index (χ0n) is 20.9. The van der Waals surface area contributed by atoms with E-state index in [2.05, 4.69) is 10.1 Å². The average Bonchev–Trinajstić information content (AvgIpc) is 3.27. The van der Waals surface area contributed by atoms with E-state index in [1.165, 1.54) is 26.4 Å². The molecule has 2 fully saturated rings. The van der Waals surface area contributed by atoms with Crippen LogP contribution in [0.4, 0.5) is 0 Å². The van der Waals surface area contributed by atoms with Gasteiger partial charge >= 0.3 is 12.0 Å². The van der Waals surface area contributed by atoms with Crippen LogP contribution in [0.5, 0.6) is 11.8 Å². The SMILES string of the molecule is COc1ccc(-c2cccc3c2CCC3=O)n2nc(OC(=O)C3(C(N)=O)CC3CC3CCCCC3)nc12. The maximum atomic E-state index is 13.3. The lowest BCUT2D eigenvalue weighted by Crippen LogP contribution is -2.37. The number of ether oxygens (including phenoxy) is 2. The van der Waals surface area contributed by atoms with Crippen molar-refractivity contribution >= 4 is 23.3 Å². The summed E-state index contributed by atoms with van der Waals surface area (Å²) < 4.78 is 12.6. The number of ketones is 1. The molecule has 9 heteroatoms. The molecular weight excluding hydrogens is 472 g/mol. The highest BCUT2D eigenvalue weighted by atomic mass is 16.6. The van der Waals surface area contributed by atoms with Crippen LogP contribution in [0.2, 0.25) is 0 Å². The Morgan fingerprint density at radius 2 is 1.89 bits per heavy atom. The Kier molecular flexibility index (Phi) is 5.73. The van der Waals surface area contributed by atoms with Crippen molar-refractivity contribution < 1.29 is 23.9 Å². The van der Waals surface area contributed by atoms with Crippen molar-refractivity contribution in [2.75, 3.05) is 7.11 Å². The zero-order valence-corrected chi connectivity index (χ0v) is 20.9. The number of nitrogens with zero attached hydrogens (tertiary/aromatic N) is 3. The summed E-state index contributed by atoms with van der Waals surface area (Å²) in [5, 5.41) is 4.47. The first-order chi connectivity index (χ1) is 17.9. The van der Waals surface area contributed by atoms with E-state index >= 15 is 0 Å². The van der Waals surface area contributed by atoms with Crippen molar-refractivity contribution in [2.45, 2.75) is 57.8 Å². The van der Waals surface area contributed by atoms with Gasteiger partial charge in [-0.15, -0.1) is 5.10 Å². The van der Waals surface area contributed by atoms with Crippen LogP contribution in [0.3, 0.4) is 0 Å². The molecule has 2 N–H and O–H groups in total. The van der Waals surface area contributed by atoms with Crippen molar-refractivity contribution in [2.24, 2.45) is 23.0 Å². The van der Waals surface area contributed by atoms with Gasteiger partial charge in [-0.25, -0.2) is 4.52 Å². The van der Waals surface area contributed by atoms with Gasteiger partial charge < -0.3 is 15.2 Å². The number of Topliss-reactive ketones (excluding diaryl/α,β-unsaturated/α-hetero) is 1. The lowest BCUT2D eigenvalue weighted by Gasteiger charge is -2.22.